The highest BCUT2D eigenvalue weighted by molar-refractivity contribution is 5.89. The Balaban J connectivity index is 2.84. The molecule has 0 aliphatic heterocycles. The number of ether oxygens (including phenoxy) is 1. The van der Waals surface area contributed by atoms with Crippen molar-refractivity contribution >= 4 is 12.3 Å². The fraction of sp³-hybridized carbons (Fsp3) is 0.429. The zero-order chi connectivity index (χ0) is 13.8. The van der Waals surface area contributed by atoms with Crippen molar-refractivity contribution in [3.63, 3.8) is 0 Å². The fourth-order valence-corrected chi connectivity index (χ4v) is 1.54. The van der Waals surface area contributed by atoms with Crippen LogP contribution < -0.4 is 5.73 Å². The summed E-state index contributed by atoms with van der Waals surface area (Å²) in [4.78, 5) is 22.9. The molecule has 0 spiro atoms. The second-order valence-electron chi connectivity index (χ2n) is 5.13. The summed E-state index contributed by atoms with van der Waals surface area (Å²) in [5.41, 5.74) is 6.04. The van der Waals surface area contributed by atoms with Gasteiger partial charge in [-0.25, -0.2) is 0 Å². The van der Waals surface area contributed by atoms with Gasteiger partial charge in [-0.1, -0.05) is 30.3 Å². The van der Waals surface area contributed by atoms with E-state index in [1.54, 1.807) is 32.9 Å². The van der Waals surface area contributed by atoms with Gasteiger partial charge in [-0.3, -0.25) is 4.79 Å². The van der Waals surface area contributed by atoms with Gasteiger partial charge in [0.05, 0.1) is 0 Å². The number of hydrogen-bond acceptors (Lipinski definition) is 4. The Labute approximate surface area is 107 Å². The predicted molar refractivity (Wildman–Crippen MR) is 68.8 cm³/mol. The van der Waals surface area contributed by atoms with Crippen LogP contribution in [0.2, 0.25) is 0 Å². The SMILES string of the molecule is CC(C)(C)OC(=O)[C@H](C=O)C(N)c1ccccc1. The number of carbonyl (C=O) groups excluding carboxylic acids is 2. The number of carbonyl (C=O) groups is 2. The molecule has 1 unspecified atom stereocenters. The van der Waals surface area contributed by atoms with Crippen molar-refractivity contribution in [3.8, 4) is 0 Å². The summed E-state index contributed by atoms with van der Waals surface area (Å²) in [6.07, 6.45) is 0.547. The van der Waals surface area contributed by atoms with Gasteiger partial charge in [0.2, 0.25) is 0 Å². The Bertz CT molecular complexity index is 409. The van der Waals surface area contributed by atoms with E-state index in [1.165, 1.54) is 0 Å². The van der Waals surface area contributed by atoms with Crippen LogP contribution in [0, 0.1) is 5.92 Å². The van der Waals surface area contributed by atoms with Crippen LogP contribution in [-0.4, -0.2) is 17.9 Å². The maximum atomic E-state index is 11.9. The largest absolute Gasteiger partial charge is 0.459 e. The molecule has 1 aromatic carbocycles. The minimum Gasteiger partial charge on any atom is -0.459 e. The van der Waals surface area contributed by atoms with Crippen LogP contribution in [0.3, 0.4) is 0 Å². The first kappa shape index (κ1) is 14.4. The first-order chi connectivity index (χ1) is 8.35. The van der Waals surface area contributed by atoms with E-state index in [4.69, 9.17) is 10.5 Å². The molecule has 0 amide bonds. The Morgan fingerprint density at radius 2 is 1.83 bits per heavy atom. The summed E-state index contributed by atoms with van der Waals surface area (Å²) >= 11 is 0. The van der Waals surface area contributed by atoms with Crippen LogP contribution in [0.4, 0.5) is 0 Å². The smallest absolute Gasteiger partial charge is 0.318 e. The zero-order valence-electron chi connectivity index (χ0n) is 10.9. The monoisotopic (exact) mass is 249 g/mol. The Kier molecular flexibility index (Phi) is 4.62. The summed E-state index contributed by atoms with van der Waals surface area (Å²) in [5, 5.41) is 0. The Hall–Kier alpha value is -1.68. The van der Waals surface area contributed by atoms with E-state index in [9.17, 15) is 9.59 Å². The van der Waals surface area contributed by atoms with Crippen molar-refractivity contribution < 1.29 is 14.3 Å². The molecule has 0 heterocycles. The van der Waals surface area contributed by atoms with Crippen molar-refractivity contribution in [2.24, 2.45) is 11.7 Å². The lowest BCUT2D eigenvalue weighted by Gasteiger charge is -2.24. The molecule has 0 aliphatic carbocycles. The molecule has 1 rings (SSSR count). The van der Waals surface area contributed by atoms with Crippen LogP contribution in [0.15, 0.2) is 30.3 Å². The number of nitrogens with two attached hydrogens (primary N) is 1. The predicted octanol–water partition coefficient (Wildman–Crippen LogP) is 1.84. The summed E-state index contributed by atoms with van der Waals surface area (Å²) in [5.74, 6) is -1.57. The number of esters is 1. The first-order valence-corrected chi connectivity index (χ1v) is 5.84. The van der Waals surface area contributed by atoms with E-state index in [0.29, 0.717) is 6.29 Å². The maximum absolute atomic E-state index is 11.9. The molecule has 0 aromatic heterocycles. The third kappa shape index (κ3) is 3.96. The van der Waals surface area contributed by atoms with Gasteiger partial charge < -0.3 is 15.3 Å². The molecule has 0 bridgehead atoms. The number of hydrogen-bond donors (Lipinski definition) is 1. The molecule has 18 heavy (non-hydrogen) atoms. The van der Waals surface area contributed by atoms with E-state index in [1.807, 2.05) is 18.2 Å². The average molecular weight is 249 g/mol. The van der Waals surface area contributed by atoms with Gasteiger partial charge in [-0.2, -0.15) is 0 Å². The standard InChI is InChI=1S/C14H19NO3/c1-14(2,3)18-13(17)11(9-16)12(15)10-7-5-4-6-8-10/h4-9,11-12H,15H2,1-3H3/t11-,12?/m1/s1. The van der Waals surface area contributed by atoms with Crippen molar-refractivity contribution in [1.82, 2.24) is 0 Å². The van der Waals surface area contributed by atoms with E-state index in [2.05, 4.69) is 0 Å². The van der Waals surface area contributed by atoms with Gasteiger partial charge in [-0.05, 0) is 26.3 Å². The third-order valence-electron chi connectivity index (χ3n) is 2.40. The van der Waals surface area contributed by atoms with Crippen molar-refractivity contribution in [2.45, 2.75) is 32.4 Å². The summed E-state index contributed by atoms with van der Waals surface area (Å²) in [6, 6.07) is 8.35. The van der Waals surface area contributed by atoms with Crippen molar-refractivity contribution in [2.75, 3.05) is 0 Å². The van der Waals surface area contributed by atoms with E-state index in [-0.39, 0.29) is 0 Å². The lowest BCUT2D eigenvalue weighted by Crippen LogP contribution is -2.35. The lowest BCUT2D eigenvalue weighted by molar-refractivity contribution is -0.161. The van der Waals surface area contributed by atoms with Crippen LogP contribution in [0.25, 0.3) is 0 Å². The molecular formula is C14H19NO3. The molecule has 0 aliphatic rings. The Morgan fingerprint density at radius 3 is 2.28 bits per heavy atom. The Morgan fingerprint density at radius 1 is 1.28 bits per heavy atom. The van der Waals surface area contributed by atoms with Crippen molar-refractivity contribution in [1.29, 1.82) is 0 Å². The van der Waals surface area contributed by atoms with Gasteiger partial charge >= 0.3 is 5.97 Å². The molecule has 1 aromatic rings. The van der Waals surface area contributed by atoms with E-state index >= 15 is 0 Å². The topological polar surface area (TPSA) is 69.4 Å². The van der Waals surface area contributed by atoms with Gasteiger partial charge in [-0.15, -0.1) is 0 Å². The molecule has 4 nitrogen and oxygen atoms in total. The van der Waals surface area contributed by atoms with Crippen molar-refractivity contribution in [3.05, 3.63) is 35.9 Å². The fourth-order valence-electron chi connectivity index (χ4n) is 1.54. The number of aldehydes is 1. The van der Waals surface area contributed by atoms with Crippen LogP contribution in [-0.2, 0) is 14.3 Å². The molecule has 0 saturated carbocycles. The lowest BCUT2D eigenvalue weighted by atomic mass is 9.95. The van der Waals surface area contributed by atoms with Gasteiger partial charge in [0.25, 0.3) is 0 Å². The second-order valence-corrected chi connectivity index (χ2v) is 5.13. The van der Waals surface area contributed by atoms with Crippen LogP contribution in [0.5, 0.6) is 0 Å². The molecular weight excluding hydrogens is 230 g/mol. The third-order valence-corrected chi connectivity index (χ3v) is 2.40. The molecule has 98 valence electrons. The molecule has 2 atom stereocenters. The highest BCUT2D eigenvalue weighted by atomic mass is 16.6. The molecule has 2 N–H and O–H groups in total. The maximum Gasteiger partial charge on any atom is 0.318 e. The average Bonchev–Trinajstić information content (AvgIpc) is 2.28. The van der Waals surface area contributed by atoms with E-state index < -0.39 is 23.5 Å². The highest BCUT2D eigenvalue weighted by Gasteiger charge is 2.30. The number of rotatable bonds is 4. The highest BCUT2D eigenvalue weighted by Crippen LogP contribution is 2.21. The minimum absolute atomic E-state index is 0.547. The summed E-state index contributed by atoms with van der Waals surface area (Å²) in [6.45, 7) is 5.25. The van der Waals surface area contributed by atoms with Gasteiger partial charge in [0, 0.05) is 6.04 Å². The van der Waals surface area contributed by atoms with Gasteiger partial charge in [0.15, 0.2) is 0 Å². The molecule has 0 fully saturated rings. The van der Waals surface area contributed by atoms with Crippen LogP contribution >= 0.6 is 0 Å². The van der Waals surface area contributed by atoms with E-state index in [0.717, 1.165) is 5.56 Å². The quantitative estimate of drug-likeness (QED) is 0.502. The summed E-state index contributed by atoms with van der Waals surface area (Å²) in [7, 11) is 0. The summed E-state index contributed by atoms with van der Waals surface area (Å²) < 4.78 is 5.18. The first-order valence-electron chi connectivity index (χ1n) is 5.84. The zero-order valence-corrected chi connectivity index (χ0v) is 10.9. The van der Waals surface area contributed by atoms with Gasteiger partial charge in [0.1, 0.15) is 17.8 Å². The molecule has 0 saturated heterocycles. The second kappa shape index (κ2) is 5.78. The van der Waals surface area contributed by atoms with Crippen LogP contribution in [0.1, 0.15) is 32.4 Å². The number of benzene rings is 1. The minimum atomic E-state index is -0.980. The molecule has 0 radical (unpaired) electrons. The normalized spacial score (nSPS) is 14.7. The molecule has 4 heteroatoms.